The summed E-state index contributed by atoms with van der Waals surface area (Å²) in [4.78, 5) is 36.8. The summed E-state index contributed by atoms with van der Waals surface area (Å²) in [5.74, 6) is -4.90. The molecule has 13 heteroatoms. The van der Waals surface area contributed by atoms with Gasteiger partial charge in [0.15, 0.2) is 23.1 Å². The molecule has 0 atom stereocenters. The van der Waals surface area contributed by atoms with E-state index < -0.39 is 35.6 Å². The van der Waals surface area contributed by atoms with Crippen LogP contribution in [-0.2, 0) is 16.6 Å². The van der Waals surface area contributed by atoms with Crippen molar-refractivity contribution in [1.29, 1.82) is 0 Å². The number of anilines is 2. The van der Waals surface area contributed by atoms with Crippen LogP contribution in [0.25, 0.3) is 11.0 Å². The predicted molar refractivity (Wildman–Crippen MR) is 113 cm³/mol. The molecular weight excluding hydrogens is 441 g/mol. The van der Waals surface area contributed by atoms with E-state index >= 15 is 0 Å². The standard InChI is InChI=1S/C20H21F3N8O2/c1-29-19-12(8-27-29)20(26-11-25-19)31-6-4-30(5-7-31)10-16(33)24-9-15(32)28-14-3-2-13(21)17(22)18(14)23/h2-3,8,11H,4-7,9-10H2,1H3,(H,24,33)(H,28,32). The summed E-state index contributed by atoms with van der Waals surface area (Å²) < 4.78 is 41.5. The smallest absolute Gasteiger partial charge is 0.243 e. The highest BCUT2D eigenvalue weighted by Gasteiger charge is 2.22. The molecule has 3 aromatic rings. The molecule has 1 fully saturated rings. The Balaban J connectivity index is 1.24. The van der Waals surface area contributed by atoms with Crippen LogP contribution in [0.2, 0.25) is 0 Å². The number of nitrogens with zero attached hydrogens (tertiary/aromatic N) is 6. The number of hydrogen-bond acceptors (Lipinski definition) is 7. The van der Waals surface area contributed by atoms with Gasteiger partial charge >= 0.3 is 0 Å². The molecule has 1 aliphatic heterocycles. The molecule has 1 aromatic carbocycles. The highest BCUT2D eigenvalue weighted by Crippen LogP contribution is 2.23. The van der Waals surface area contributed by atoms with Gasteiger partial charge in [0, 0.05) is 33.2 Å². The van der Waals surface area contributed by atoms with Crippen LogP contribution in [-0.4, -0.2) is 75.7 Å². The fourth-order valence-electron chi connectivity index (χ4n) is 3.57. The molecule has 1 saturated heterocycles. The Morgan fingerprint density at radius 2 is 1.79 bits per heavy atom. The van der Waals surface area contributed by atoms with Crippen molar-refractivity contribution in [1.82, 2.24) is 30.0 Å². The van der Waals surface area contributed by atoms with Gasteiger partial charge in [0.2, 0.25) is 11.8 Å². The molecule has 3 heterocycles. The third-order valence-electron chi connectivity index (χ3n) is 5.30. The molecule has 174 valence electrons. The Kier molecular flexibility index (Phi) is 6.40. The van der Waals surface area contributed by atoms with Gasteiger partial charge in [-0.3, -0.25) is 19.2 Å². The zero-order valence-electron chi connectivity index (χ0n) is 17.7. The molecule has 0 unspecified atom stereocenters. The van der Waals surface area contributed by atoms with Crippen molar-refractivity contribution >= 4 is 34.4 Å². The van der Waals surface area contributed by atoms with E-state index in [0.717, 1.165) is 22.9 Å². The summed E-state index contributed by atoms with van der Waals surface area (Å²) in [6.45, 7) is 2.13. The van der Waals surface area contributed by atoms with Crippen molar-refractivity contribution in [2.24, 2.45) is 7.05 Å². The summed E-state index contributed by atoms with van der Waals surface area (Å²) in [6, 6.07) is 1.61. The van der Waals surface area contributed by atoms with E-state index in [1.807, 2.05) is 11.9 Å². The monoisotopic (exact) mass is 462 g/mol. The maximum Gasteiger partial charge on any atom is 0.243 e. The van der Waals surface area contributed by atoms with E-state index in [-0.39, 0.29) is 12.5 Å². The highest BCUT2D eigenvalue weighted by atomic mass is 19.2. The van der Waals surface area contributed by atoms with Gasteiger partial charge < -0.3 is 15.5 Å². The summed E-state index contributed by atoms with van der Waals surface area (Å²) >= 11 is 0. The molecule has 10 nitrogen and oxygen atoms in total. The van der Waals surface area contributed by atoms with E-state index in [9.17, 15) is 22.8 Å². The first kappa shape index (κ1) is 22.5. The lowest BCUT2D eigenvalue weighted by molar-refractivity contribution is -0.125. The van der Waals surface area contributed by atoms with Crippen molar-refractivity contribution < 1.29 is 22.8 Å². The molecule has 0 saturated carbocycles. The Morgan fingerprint density at radius 1 is 1.03 bits per heavy atom. The minimum absolute atomic E-state index is 0.0761. The van der Waals surface area contributed by atoms with Gasteiger partial charge in [0.05, 0.1) is 30.4 Å². The number of amides is 2. The molecule has 2 amide bonds. The van der Waals surface area contributed by atoms with E-state index in [2.05, 4.69) is 30.6 Å². The first-order valence-corrected chi connectivity index (χ1v) is 10.1. The topological polar surface area (TPSA) is 108 Å². The van der Waals surface area contributed by atoms with Crippen LogP contribution in [0.1, 0.15) is 0 Å². The lowest BCUT2D eigenvalue weighted by Gasteiger charge is -2.35. The van der Waals surface area contributed by atoms with Crippen LogP contribution in [0.3, 0.4) is 0 Å². The average molecular weight is 462 g/mol. The molecular formula is C20H21F3N8O2. The zero-order valence-corrected chi connectivity index (χ0v) is 17.7. The number of aryl methyl sites for hydroxylation is 1. The normalized spacial score (nSPS) is 14.5. The minimum atomic E-state index is -1.68. The zero-order chi connectivity index (χ0) is 23.5. The van der Waals surface area contributed by atoms with Crippen molar-refractivity contribution in [2.75, 3.05) is 49.5 Å². The molecule has 1 aliphatic rings. The van der Waals surface area contributed by atoms with Gasteiger partial charge in [-0.05, 0) is 12.1 Å². The van der Waals surface area contributed by atoms with E-state index in [1.54, 1.807) is 10.9 Å². The van der Waals surface area contributed by atoms with Crippen LogP contribution < -0.4 is 15.5 Å². The molecule has 33 heavy (non-hydrogen) atoms. The summed E-state index contributed by atoms with van der Waals surface area (Å²) in [5.41, 5.74) is 0.236. The maximum atomic E-state index is 13.6. The predicted octanol–water partition coefficient (Wildman–Crippen LogP) is 0.657. The quantitative estimate of drug-likeness (QED) is 0.518. The number of carbonyl (C=O) groups excluding carboxylic acids is 2. The van der Waals surface area contributed by atoms with Gasteiger partial charge in [-0.1, -0.05) is 0 Å². The van der Waals surface area contributed by atoms with Gasteiger partial charge in [0.1, 0.15) is 12.1 Å². The van der Waals surface area contributed by atoms with Gasteiger partial charge in [-0.15, -0.1) is 0 Å². The minimum Gasteiger partial charge on any atom is -0.353 e. The second-order valence-electron chi connectivity index (χ2n) is 7.51. The number of piperazine rings is 1. The fourth-order valence-corrected chi connectivity index (χ4v) is 3.57. The summed E-state index contributed by atoms with van der Waals surface area (Å²) in [7, 11) is 1.81. The van der Waals surface area contributed by atoms with Crippen molar-refractivity contribution in [3.05, 3.63) is 42.1 Å². The third-order valence-corrected chi connectivity index (χ3v) is 5.30. The molecule has 0 bridgehead atoms. The van der Waals surface area contributed by atoms with Gasteiger partial charge in [-0.2, -0.15) is 5.10 Å². The molecule has 0 aliphatic carbocycles. The first-order valence-electron chi connectivity index (χ1n) is 10.1. The molecule has 0 radical (unpaired) electrons. The van der Waals surface area contributed by atoms with Crippen LogP contribution in [0, 0.1) is 17.5 Å². The third kappa shape index (κ3) is 4.87. The first-order chi connectivity index (χ1) is 15.8. The van der Waals surface area contributed by atoms with Crippen LogP contribution in [0.4, 0.5) is 24.7 Å². The molecule has 2 aromatic heterocycles. The lowest BCUT2D eigenvalue weighted by atomic mass is 10.2. The maximum absolute atomic E-state index is 13.6. The van der Waals surface area contributed by atoms with Crippen LogP contribution in [0.15, 0.2) is 24.7 Å². The van der Waals surface area contributed by atoms with Gasteiger partial charge in [0.25, 0.3) is 0 Å². The Bertz CT molecular complexity index is 1190. The van der Waals surface area contributed by atoms with Gasteiger partial charge in [-0.25, -0.2) is 23.1 Å². The Morgan fingerprint density at radius 3 is 2.55 bits per heavy atom. The summed E-state index contributed by atoms with van der Waals surface area (Å²) in [6.07, 6.45) is 3.22. The largest absolute Gasteiger partial charge is 0.353 e. The molecule has 2 N–H and O–H groups in total. The second kappa shape index (κ2) is 9.40. The number of rotatable bonds is 6. The molecule has 0 spiro atoms. The van der Waals surface area contributed by atoms with Crippen LogP contribution >= 0.6 is 0 Å². The fraction of sp³-hybridized carbons (Fsp3) is 0.350. The second-order valence-corrected chi connectivity index (χ2v) is 7.51. The molecule has 4 rings (SSSR count). The van der Waals surface area contributed by atoms with Crippen molar-refractivity contribution in [2.45, 2.75) is 0 Å². The number of benzene rings is 1. The Hall–Kier alpha value is -3.74. The van der Waals surface area contributed by atoms with E-state index in [0.29, 0.717) is 32.2 Å². The van der Waals surface area contributed by atoms with Crippen LogP contribution in [0.5, 0.6) is 0 Å². The number of aromatic nitrogens is 4. The highest BCUT2D eigenvalue weighted by molar-refractivity contribution is 5.94. The SMILES string of the molecule is Cn1ncc2c(N3CCN(CC(=O)NCC(=O)Nc4ccc(F)c(F)c4F)CC3)ncnc21. The van der Waals surface area contributed by atoms with E-state index in [1.165, 1.54) is 6.33 Å². The Labute approximate surface area is 186 Å². The van der Waals surface area contributed by atoms with Crippen molar-refractivity contribution in [3.63, 3.8) is 0 Å². The number of nitrogens with one attached hydrogen (secondary N) is 2. The van der Waals surface area contributed by atoms with E-state index in [4.69, 9.17) is 0 Å². The number of hydrogen-bond donors (Lipinski definition) is 2. The summed E-state index contributed by atoms with van der Waals surface area (Å²) in [5, 5.41) is 9.61. The lowest BCUT2D eigenvalue weighted by Crippen LogP contribution is -2.50. The van der Waals surface area contributed by atoms with Crippen molar-refractivity contribution in [3.8, 4) is 0 Å². The number of carbonyl (C=O) groups is 2. The number of fused-ring (bicyclic) bond motifs is 1. The number of halogens is 3. The average Bonchev–Trinajstić information content (AvgIpc) is 3.20.